The number of hydrogen-bond acceptors (Lipinski definition) is 3. The number of aliphatic imine (C=N–C) groups is 1. The van der Waals surface area contributed by atoms with Gasteiger partial charge in [0.05, 0.1) is 0 Å². The van der Waals surface area contributed by atoms with Gasteiger partial charge in [-0.15, -0.1) is 0 Å². The third-order valence-corrected chi connectivity index (χ3v) is 2.75. The molecule has 1 amide bonds. The topological polar surface area (TPSA) is 54.4 Å². The lowest BCUT2D eigenvalue weighted by atomic mass is 10.2. The molecule has 92 valence electrons. The predicted molar refractivity (Wildman–Crippen MR) is 73.3 cm³/mol. The molecule has 1 aromatic heterocycles. The van der Waals surface area contributed by atoms with E-state index in [1.54, 1.807) is 18.5 Å². The fraction of sp³-hybridized carbons (Fsp3) is 0. The fourth-order valence-corrected chi connectivity index (χ4v) is 1.82. The van der Waals surface area contributed by atoms with Crippen LogP contribution in [0.25, 0.3) is 6.08 Å². The maximum absolute atomic E-state index is 11.9. The van der Waals surface area contributed by atoms with Crippen molar-refractivity contribution in [3.8, 4) is 0 Å². The van der Waals surface area contributed by atoms with E-state index < -0.39 is 0 Å². The SMILES string of the molecule is O=C1NC(c2ccccc2)=N/C1=C/c1ccncc1. The maximum atomic E-state index is 11.9. The smallest absolute Gasteiger partial charge is 0.275 e. The molecular formula is C15H11N3O. The number of carbonyl (C=O) groups excluding carboxylic acids is 1. The minimum absolute atomic E-state index is 0.185. The summed E-state index contributed by atoms with van der Waals surface area (Å²) in [6.45, 7) is 0. The summed E-state index contributed by atoms with van der Waals surface area (Å²) in [6.07, 6.45) is 5.11. The van der Waals surface area contributed by atoms with Crippen LogP contribution in [0.15, 0.2) is 65.5 Å². The number of amidine groups is 1. The summed E-state index contributed by atoms with van der Waals surface area (Å²) in [5.74, 6) is 0.404. The van der Waals surface area contributed by atoms with Gasteiger partial charge in [-0.3, -0.25) is 9.78 Å². The molecule has 4 nitrogen and oxygen atoms in total. The molecule has 2 heterocycles. The Morgan fingerprint density at radius 1 is 1.00 bits per heavy atom. The third-order valence-electron chi connectivity index (χ3n) is 2.75. The Morgan fingerprint density at radius 3 is 2.47 bits per heavy atom. The molecule has 2 aromatic rings. The van der Waals surface area contributed by atoms with Gasteiger partial charge in [-0.25, -0.2) is 4.99 Å². The number of pyridine rings is 1. The monoisotopic (exact) mass is 249 g/mol. The zero-order chi connectivity index (χ0) is 13.1. The number of rotatable bonds is 2. The van der Waals surface area contributed by atoms with Crippen molar-refractivity contribution in [2.75, 3.05) is 0 Å². The highest BCUT2D eigenvalue weighted by molar-refractivity contribution is 6.19. The van der Waals surface area contributed by atoms with Crippen molar-refractivity contribution in [1.82, 2.24) is 10.3 Å². The number of aromatic nitrogens is 1. The van der Waals surface area contributed by atoms with E-state index in [2.05, 4.69) is 15.3 Å². The summed E-state index contributed by atoms with van der Waals surface area (Å²) in [5.41, 5.74) is 2.21. The van der Waals surface area contributed by atoms with E-state index >= 15 is 0 Å². The molecule has 1 aliphatic rings. The molecule has 1 N–H and O–H groups in total. The van der Waals surface area contributed by atoms with E-state index in [1.807, 2.05) is 42.5 Å². The summed E-state index contributed by atoms with van der Waals surface area (Å²) in [5, 5.41) is 2.77. The molecule has 3 rings (SSSR count). The zero-order valence-corrected chi connectivity index (χ0v) is 10.1. The van der Waals surface area contributed by atoms with Crippen LogP contribution in [0.1, 0.15) is 11.1 Å². The molecule has 0 unspecified atom stereocenters. The Bertz CT molecular complexity index is 660. The Kier molecular flexibility index (Phi) is 2.90. The van der Waals surface area contributed by atoms with E-state index in [9.17, 15) is 4.79 Å². The first-order valence-corrected chi connectivity index (χ1v) is 5.90. The third kappa shape index (κ3) is 2.42. The molecular weight excluding hydrogens is 238 g/mol. The van der Waals surface area contributed by atoms with Gasteiger partial charge in [0.2, 0.25) is 0 Å². The van der Waals surface area contributed by atoms with Gasteiger partial charge in [-0.1, -0.05) is 30.3 Å². The first kappa shape index (κ1) is 11.3. The molecule has 1 aromatic carbocycles. The van der Waals surface area contributed by atoms with Crippen molar-refractivity contribution in [1.29, 1.82) is 0 Å². The van der Waals surface area contributed by atoms with E-state index in [0.29, 0.717) is 11.5 Å². The van der Waals surface area contributed by atoms with Gasteiger partial charge in [0.15, 0.2) is 0 Å². The van der Waals surface area contributed by atoms with Crippen LogP contribution >= 0.6 is 0 Å². The van der Waals surface area contributed by atoms with Crippen LogP contribution in [0.3, 0.4) is 0 Å². The molecule has 0 saturated carbocycles. The van der Waals surface area contributed by atoms with Crippen molar-refractivity contribution < 1.29 is 4.79 Å². The Hall–Kier alpha value is -2.75. The number of carbonyl (C=O) groups is 1. The van der Waals surface area contributed by atoms with Crippen LogP contribution in [0.5, 0.6) is 0 Å². The van der Waals surface area contributed by atoms with Crippen LogP contribution in [-0.4, -0.2) is 16.7 Å². The normalized spacial score (nSPS) is 16.3. The molecule has 19 heavy (non-hydrogen) atoms. The minimum Gasteiger partial charge on any atom is -0.305 e. The molecule has 0 saturated heterocycles. The Balaban J connectivity index is 1.94. The fourth-order valence-electron chi connectivity index (χ4n) is 1.82. The van der Waals surface area contributed by atoms with E-state index in [1.165, 1.54) is 0 Å². The van der Waals surface area contributed by atoms with Gasteiger partial charge in [0.1, 0.15) is 11.5 Å². The van der Waals surface area contributed by atoms with Gasteiger partial charge in [-0.05, 0) is 23.8 Å². The Morgan fingerprint density at radius 2 is 1.74 bits per heavy atom. The number of nitrogens with one attached hydrogen (secondary N) is 1. The van der Waals surface area contributed by atoms with E-state index in [4.69, 9.17) is 0 Å². The number of nitrogens with zero attached hydrogens (tertiary/aromatic N) is 2. The second-order valence-corrected chi connectivity index (χ2v) is 4.09. The zero-order valence-electron chi connectivity index (χ0n) is 10.1. The quantitative estimate of drug-likeness (QED) is 0.828. The summed E-state index contributed by atoms with van der Waals surface area (Å²) in [6, 6.07) is 13.2. The first-order chi connectivity index (χ1) is 9.33. The van der Waals surface area contributed by atoms with Crippen LogP contribution in [0.2, 0.25) is 0 Å². The highest BCUT2D eigenvalue weighted by Gasteiger charge is 2.20. The number of amides is 1. The summed E-state index contributed by atoms with van der Waals surface area (Å²) in [4.78, 5) is 20.1. The molecule has 1 aliphatic heterocycles. The minimum atomic E-state index is -0.185. The lowest BCUT2D eigenvalue weighted by molar-refractivity contribution is -0.115. The second-order valence-electron chi connectivity index (χ2n) is 4.09. The van der Waals surface area contributed by atoms with E-state index in [0.717, 1.165) is 11.1 Å². The maximum Gasteiger partial charge on any atom is 0.275 e. The van der Waals surface area contributed by atoms with Crippen molar-refractivity contribution >= 4 is 17.8 Å². The van der Waals surface area contributed by atoms with Crippen molar-refractivity contribution in [3.05, 3.63) is 71.7 Å². The lowest BCUT2D eigenvalue weighted by Crippen LogP contribution is -2.24. The van der Waals surface area contributed by atoms with Gasteiger partial charge in [-0.2, -0.15) is 0 Å². The molecule has 0 atom stereocenters. The van der Waals surface area contributed by atoms with Gasteiger partial charge in [0, 0.05) is 18.0 Å². The molecule has 0 radical (unpaired) electrons. The number of benzene rings is 1. The van der Waals surface area contributed by atoms with Crippen LogP contribution < -0.4 is 5.32 Å². The summed E-state index contributed by atoms with van der Waals surface area (Å²) >= 11 is 0. The Labute approximate surface area is 110 Å². The molecule has 0 fully saturated rings. The van der Waals surface area contributed by atoms with Crippen molar-refractivity contribution in [3.63, 3.8) is 0 Å². The van der Waals surface area contributed by atoms with Crippen molar-refractivity contribution in [2.45, 2.75) is 0 Å². The largest absolute Gasteiger partial charge is 0.305 e. The van der Waals surface area contributed by atoms with Crippen LogP contribution in [0, 0.1) is 0 Å². The lowest BCUT2D eigenvalue weighted by Gasteiger charge is -1.98. The number of hydrogen-bond donors (Lipinski definition) is 1. The standard InChI is InChI=1S/C15H11N3O/c19-15-13(10-11-6-8-16-9-7-11)17-14(18-15)12-4-2-1-3-5-12/h1-10H,(H,17,18,19)/b13-10+. The molecule has 0 spiro atoms. The van der Waals surface area contributed by atoms with Gasteiger partial charge in [0.25, 0.3) is 5.91 Å². The second kappa shape index (κ2) is 4.86. The predicted octanol–water partition coefficient (Wildman–Crippen LogP) is 2.00. The average molecular weight is 249 g/mol. The highest BCUT2D eigenvalue weighted by Crippen LogP contribution is 2.14. The van der Waals surface area contributed by atoms with Crippen LogP contribution in [0.4, 0.5) is 0 Å². The summed E-state index contributed by atoms with van der Waals surface area (Å²) < 4.78 is 0. The molecule has 0 aliphatic carbocycles. The van der Waals surface area contributed by atoms with Gasteiger partial charge < -0.3 is 5.32 Å². The van der Waals surface area contributed by atoms with Crippen LogP contribution in [-0.2, 0) is 4.79 Å². The first-order valence-electron chi connectivity index (χ1n) is 5.90. The summed E-state index contributed by atoms with van der Waals surface area (Å²) in [7, 11) is 0. The average Bonchev–Trinajstić information content (AvgIpc) is 2.82. The van der Waals surface area contributed by atoms with Gasteiger partial charge >= 0.3 is 0 Å². The molecule has 0 bridgehead atoms. The molecule has 4 heteroatoms. The highest BCUT2D eigenvalue weighted by atomic mass is 16.2. The van der Waals surface area contributed by atoms with Crippen molar-refractivity contribution in [2.24, 2.45) is 4.99 Å². The van der Waals surface area contributed by atoms with E-state index in [-0.39, 0.29) is 5.91 Å².